The first-order valence-corrected chi connectivity index (χ1v) is 9.05. The van der Waals surface area contributed by atoms with Crippen LogP contribution in [0.25, 0.3) is 0 Å². The third-order valence-corrected chi connectivity index (χ3v) is 4.54. The summed E-state index contributed by atoms with van der Waals surface area (Å²) in [5, 5.41) is 3.00. The van der Waals surface area contributed by atoms with E-state index in [9.17, 15) is 9.59 Å². The molecule has 0 radical (unpaired) electrons. The highest BCUT2D eigenvalue weighted by Crippen LogP contribution is 2.20. The van der Waals surface area contributed by atoms with Crippen LogP contribution >= 0.6 is 15.9 Å². The maximum atomic E-state index is 12.2. The molecule has 0 spiro atoms. The monoisotopic (exact) mass is 403 g/mol. The summed E-state index contributed by atoms with van der Waals surface area (Å²) in [6, 6.07) is 14.7. The Balaban J connectivity index is 1.88. The lowest BCUT2D eigenvalue weighted by Crippen LogP contribution is -2.28. The topological polar surface area (TPSA) is 55.4 Å². The van der Waals surface area contributed by atoms with E-state index in [-0.39, 0.29) is 30.6 Å². The molecule has 0 aliphatic heterocycles. The summed E-state index contributed by atoms with van der Waals surface area (Å²) in [5.41, 5.74) is 1.65. The van der Waals surface area contributed by atoms with Crippen LogP contribution in [0.4, 0.5) is 0 Å². The van der Waals surface area contributed by atoms with E-state index < -0.39 is 0 Å². The minimum absolute atomic E-state index is 0.0276. The van der Waals surface area contributed by atoms with E-state index in [0.29, 0.717) is 5.56 Å². The molecule has 4 nitrogen and oxygen atoms in total. The van der Waals surface area contributed by atoms with E-state index in [1.165, 1.54) is 0 Å². The molecule has 5 heteroatoms. The number of carbonyl (C=O) groups excluding carboxylic acids is 2. The maximum absolute atomic E-state index is 12.2. The van der Waals surface area contributed by atoms with Gasteiger partial charge in [-0.2, -0.15) is 0 Å². The van der Waals surface area contributed by atoms with E-state index in [0.717, 1.165) is 22.2 Å². The molecule has 132 valence electrons. The molecule has 0 aliphatic carbocycles. The lowest BCUT2D eigenvalue weighted by atomic mass is 10.0. The fourth-order valence-corrected chi connectivity index (χ4v) is 2.80. The van der Waals surface area contributed by atoms with Crippen LogP contribution in [0.5, 0.6) is 5.75 Å². The minimum atomic E-state index is -0.117. The fourth-order valence-electron chi connectivity index (χ4n) is 2.53. The van der Waals surface area contributed by atoms with Crippen LogP contribution in [0.3, 0.4) is 0 Å². The number of ketones is 1. The Labute approximate surface area is 156 Å². The van der Waals surface area contributed by atoms with Gasteiger partial charge < -0.3 is 10.1 Å². The fraction of sp³-hybridized carbons (Fsp3) is 0.300. The largest absolute Gasteiger partial charge is 0.497 e. The number of benzene rings is 2. The number of methoxy groups -OCH3 is 1. The van der Waals surface area contributed by atoms with Crippen LogP contribution in [0.1, 0.15) is 48.1 Å². The van der Waals surface area contributed by atoms with Crippen molar-refractivity contribution in [2.45, 2.75) is 32.2 Å². The number of hydrogen-bond donors (Lipinski definition) is 1. The molecule has 0 aliphatic rings. The van der Waals surface area contributed by atoms with Crippen molar-refractivity contribution in [2.75, 3.05) is 7.11 Å². The van der Waals surface area contributed by atoms with Gasteiger partial charge in [-0.1, -0.05) is 47.1 Å². The standard InChI is InChI=1S/C20H22BrNO3/c1-3-18(14-6-10-17(25-2)11-7-14)22-20(24)13-12-19(23)15-4-8-16(21)9-5-15/h4-11,18H,3,12-13H2,1-2H3,(H,22,24). The maximum Gasteiger partial charge on any atom is 0.220 e. The second-order valence-corrected chi connectivity index (χ2v) is 6.65. The quantitative estimate of drug-likeness (QED) is 0.650. The molecule has 1 unspecified atom stereocenters. The Morgan fingerprint density at radius 3 is 2.24 bits per heavy atom. The van der Waals surface area contributed by atoms with Crippen molar-refractivity contribution in [3.05, 3.63) is 64.1 Å². The van der Waals surface area contributed by atoms with Crippen LogP contribution in [-0.4, -0.2) is 18.8 Å². The summed E-state index contributed by atoms with van der Waals surface area (Å²) < 4.78 is 6.07. The molecule has 0 fully saturated rings. The van der Waals surface area contributed by atoms with Crippen molar-refractivity contribution in [3.63, 3.8) is 0 Å². The lowest BCUT2D eigenvalue weighted by molar-refractivity contribution is -0.121. The highest BCUT2D eigenvalue weighted by molar-refractivity contribution is 9.10. The van der Waals surface area contributed by atoms with Gasteiger partial charge in [-0.3, -0.25) is 9.59 Å². The molecule has 2 aromatic carbocycles. The summed E-state index contributed by atoms with van der Waals surface area (Å²) in [6.45, 7) is 2.02. The van der Waals surface area contributed by atoms with Crippen LogP contribution in [0.15, 0.2) is 53.0 Å². The number of hydrogen-bond acceptors (Lipinski definition) is 3. The number of nitrogens with one attached hydrogen (secondary N) is 1. The molecule has 1 N–H and O–H groups in total. The third kappa shape index (κ3) is 5.71. The molecule has 2 aromatic rings. The van der Waals surface area contributed by atoms with Crippen molar-refractivity contribution in [1.82, 2.24) is 5.32 Å². The highest BCUT2D eigenvalue weighted by Gasteiger charge is 2.14. The molecule has 0 saturated carbocycles. The molecule has 0 bridgehead atoms. The predicted octanol–water partition coefficient (Wildman–Crippen LogP) is 4.69. The molecule has 0 heterocycles. The van der Waals surface area contributed by atoms with E-state index >= 15 is 0 Å². The van der Waals surface area contributed by atoms with Gasteiger partial charge in [-0.25, -0.2) is 0 Å². The molecular formula is C20H22BrNO3. The number of rotatable bonds is 8. The normalized spacial score (nSPS) is 11.6. The summed E-state index contributed by atoms with van der Waals surface area (Å²) >= 11 is 3.34. The zero-order valence-electron chi connectivity index (χ0n) is 14.4. The molecule has 1 atom stereocenters. The van der Waals surface area contributed by atoms with Crippen molar-refractivity contribution < 1.29 is 14.3 Å². The number of amides is 1. The lowest BCUT2D eigenvalue weighted by Gasteiger charge is -2.17. The Hall–Kier alpha value is -2.14. The van der Waals surface area contributed by atoms with Gasteiger partial charge in [0.25, 0.3) is 0 Å². The van der Waals surface area contributed by atoms with E-state index in [2.05, 4.69) is 21.2 Å². The summed E-state index contributed by atoms with van der Waals surface area (Å²) in [7, 11) is 1.62. The molecule has 0 saturated heterocycles. The predicted molar refractivity (Wildman–Crippen MR) is 102 cm³/mol. The van der Waals surface area contributed by atoms with Crippen molar-refractivity contribution in [2.24, 2.45) is 0 Å². The second kappa shape index (κ2) is 9.37. The Morgan fingerprint density at radius 1 is 1.04 bits per heavy atom. The average molecular weight is 404 g/mol. The van der Waals surface area contributed by atoms with Gasteiger partial charge in [-0.05, 0) is 36.2 Å². The van der Waals surface area contributed by atoms with Crippen molar-refractivity contribution in [1.29, 1.82) is 0 Å². The molecular weight excluding hydrogens is 382 g/mol. The number of carbonyl (C=O) groups is 2. The Morgan fingerprint density at radius 2 is 1.68 bits per heavy atom. The van der Waals surface area contributed by atoms with Gasteiger partial charge in [0.2, 0.25) is 5.91 Å². The highest BCUT2D eigenvalue weighted by atomic mass is 79.9. The Bertz CT molecular complexity index is 711. The van der Waals surface area contributed by atoms with E-state index in [1.807, 2.05) is 43.3 Å². The van der Waals surface area contributed by atoms with Crippen molar-refractivity contribution >= 4 is 27.6 Å². The van der Waals surface area contributed by atoms with Crippen molar-refractivity contribution in [3.8, 4) is 5.75 Å². The molecule has 0 aromatic heterocycles. The first-order chi connectivity index (χ1) is 12.0. The summed E-state index contributed by atoms with van der Waals surface area (Å²) in [4.78, 5) is 24.4. The van der Waals surface area contributed by atoms with Gasteiger partial charge >= 0.3 is 0 Å². The van der Waals surface area contributed by atoms with E-state index in [4.69, 9.17) is 4.74 Å². The van der Waals surface area contributed by atoms with Gasteiger partial charge in [0.1, 0.15) is 5.75 Å². The number of ether oxygens (including phenoxy) is 1. The molecule has 1 amide bonds. The van der Waals surface area contributed by atoms with Crippen LogP contribution in [-0.2, 0) is 4.79 Å². The zero-order valence-corrected chi connectivity index (χ0v) is 16.0. The molecule has 25 heavy (non-hydrogen) atoms. The number of halogens is 1. The summed E-state index contributed by atoms with van der Waals surface area (Å²) in [6.07, 6.45) is 1.16. The SMILES string of the molecule is CCC(NC(=O)CCC(=O)c1ccc(Br)cc1)c1ccc(OC)cc1. The second-order valence-electron chi connectivity index (χ2n) is 5.73. The van der Waals surface area contributed by atoms with Crippen LogP contribution in [0.2, 0.25) is 0 Å². The van der Waals surface area contributed by atoms with Gasteiger partial charge in [0.15, 0.2) is 5.78 Å². The van der Waals surface area contributed by atoms with Crippen LogP contribution < -0.4 is 10.1 Å². The first-order valence-electron chi connectivity index (χ1n) is 8.25. The summed E-state index contributed by atoms with van der Waals surface area (Å²) in [5.74, 6) is 0.637. The molecule has 2 rings (SSSR count). The third-order valence-electron chi connectivity index (χ3n) is 4.01. The van der Waals surface area contributed by atoms with E-state index in [1.54, 1.807) is 19.2 Å². The zero-order chi connectivity index (χ0) is 18.2. The van der Waals surface area contributed by atoms with Crippen LogP contribution in [0, 0.1) is 0 Å². The smallest absolute Gasteiger partial charge is 0.220 e. The van der Waals surface area contributed by atoms with Gasteiger partial charge in [-0.15, -0.1) is 0 Å². The van der Waals surface area contributed by atoms with Gasteiger partial charge in [0, 0.05) is 22.9 Å². The number of Topliss-reactive ketones (excluding diaryl/α,β-unsaturated/α-hetero) is 1. The average Bonchev–Trinajstić information content (AvgIpc) is 2.65. The minimum Gasteiger partial charge on any atom is -0.497 e. The van der Waals surface area contributed by atoms with Gasteiger partial charge in [0.05, 0.1) is 13.2 Å². The first kappa shape index (κ1) is 19.2. The Kier molecular flexibility index (Phi) is 7.19.